The van der Waals surface area contributed by atoms with Gasteiger partial charge in [-0.2, -0.15) is 0 Å². The van der Waals surface area contributed by atoms with Crippen molar-refractivity contribution in [2.45, 2.75) is 31.7 Å². The number of imide groups is 4. The van der Waals surface area contributed by atoms with Crippen molar-refractivity contribution in [2.75, 3.05) is 32.1 Å². The first kappa shape index (κ1) is 26.4. The van der Waals surface area contributed by atoms with Gasteiger partial charge in [0, 0.05) is 32.9 Å². The number of carbonyl (C=O) groups excluding carboxylic acids is 6. The van der Waals surface area contributed by atoms with Crippen LogP contribution in [-0.2, 0) is 32.0 Å². The molecule has 4 aliphatic rings. The third kappa shape index (κ3) is 4.02. The number of hydrogen-bond acceptors (Lipinski definition) is 7. The monoisotopic (exact) mass is 555 g/mol. The fourth-order valence-electron chi connectivity index (χ4n) is 6.58. The van der Waals surface area contributed by atoms with Gasteiger partial charge in [-0.15, -0.1) is 0 Å². The molecule has 3 saturated heterocycles. The topological polar surface area (TPSA) is 127 Å². The molecule has 2 aromatic rings. The number of barbiturate groups is 2. The van der Waals surface area contributed by atoms with Gasteiger partial charge in [0.05, 0.1) is 6.04 Å². The number of benzene rings is 2. The molecule has 6 rings (SSSR count). The SMILES string of the molecule is CN1C(=O)N(C)C(=O)C2(Cc3cc(C=C4C(=O)NC(=O)N(CCc5ccccc5)C4=O)ccc3N3CCCC32)C1=O. The van der Waals surface area contributed by atoms with Gasteiger partial charge in [0.1, 0.15) is 5.57 Å². The Labute approximate surface area is 236 Å². The van der Waals surface area contributed by atoms with Gasteiger partial charge in [0.15, 0.2) is 5.41 Å². The van der Waals surface area contributed by atoms with E-state index in [4.69, 9.17) is 0 Å². The van der Waals surface area contributed by atoms with Crippen molar-refractivity contribution in [2.24, 2.45) is 5.41 Å². The zero-order valence-corrected chi connectivity index (χ0v) is 22.8. The quantitative estimate of drug-likeness (QED) is 0.347. The fourth-order valence-corrected chi connectivity index (χ4v) is 6.58. The summed E-state index contributed by atoms with van der Waals surface area (Å²) in [5.41, 5.74) is 1.41. The lowest BCUT2D eigenvalue weighted by Crippen LogP contribution is -2.70. The van der Waals surface area contributed by atoms with Gasteiger partial charge in [-0.3, -0.25) is 39.2 Å². The summed E-state index contributed by atoms with van der Waals surface area (Å²) in [6.07, 6.45) is 3.38. The van der Waals surface area contributed by atoms with Crippen LogP contribution in [0.2, 0.25) is 0 Å². The van der Waals surface area contributed by atoms with E-state index >= 15 is 0 Å². The molecule has 0 aliphatic carbocycles. The summed E-state index contributed by atoms with van der Waals surface area (Å²) in [4.78, 5) is 83.4. The summed E-state index contributed by atoms with van der Waals surface area (Å²) < 4.78 is 0. The molecule has 1 N–H and O–H groups in total. The van der Waals surface area contributed by atoms with Crippen molar-refractivity contribution in [1.82, 2.24) is 20.0 Å². The van der Waals surface area contributed by atoms with Crippen LogP contribution in [0.15, 0.2) is 54.1 Å². The molecule has 8 amide bonds. The third-order valence-corrected chi connectivity index (χ3v) is 8.61. The maximum absolute atomic E-state index is 13.6. The second-order valence-corrected chi connectivity index (χ2v) is 10.9. The van der Waals surface area contributed by atoms with Crippen LogP contribution in [0.4, 0.5) is 15.3 Å². The Morgan fingerprint density at radius 1 is 0.951 bits per heavy atom. The number of nitrogens with one attached hydrogen (secondary N) is 1. The summed E-state index contributed by atoms with van der Waals surface area (Å²) in [5, 5.41) is 2.25. The maximum Gasteiger partial charge on any atom is 0.332 e. The predicted molar refractivity (Wildman–Crippen MR) is 147 cm³/mol. The largest absolute Gasteiger partial charge is 0.367 e. The summed E-state index contributed by atoms with van der Waals surface area (Å²) in [6.45, 7) is 0.757. The molecule has 0 aromatic heterocycles. The minimum absolute atomic E-state index is 0.0853. The van der Waals surface area contributed by atoms with E-state index in [1.54, 1.807) is 12.1 Å². The average molecular weight is 556 g/mol. The Morgan fingerprint density at radius 3 is 2.37 bits per heavy atom. The van der Waals surface area contributed by atoms with Gasteiger partial charge in [-0.1, -0.05) is 36.4 Å². The smallest absolute Gasteiger partial charge is 0.332 e. The van der Waals surface area contributed by atoms with E-state index in [0.29, 0.717) is 30.5 Å². The van der Waals surface area contributed by atoms with Gasteiger partial charge in [0.25, 0.3) is 11.8 Å². The first-order valence-electron chi connectivity index (χ1n) is 13.6. The lowest BCUT2D eigenvalue weighted by Gasteiger charge is -2.50. The highest BCUT2D eigenvalue weighted by Gasteiger charge is 2.63. The Morgan fingerprint density at radius 2 is 1.66 bits per heavy atom. The number of fused-ring (bicyclic) bond motifs is 4. The number of nitrogens with zero attached hydrogens (tertiary/aromatic N) is 4. The molecule has 11 nitrogen and oxygen atoms in total. The molecule has 1 unspecified atom stereocenters. The molecule has 4 heterocycles. The van der Waals surface area contributed by atoms with Crippen molar-refractivity contribution >= 4 is 47.5 Å². The molecule has 11 heteroatoms. The molecular formula is C30H29N5O6. The van der Waals surface area contributed by atoms with Crippen molar-refractivity contribution in [3.05, 3.63) is 70.8 Å². The number of carbonyl (C=O) groups is 6. The minimum atomic E-state index is -1.45. The second kappa shape index (κ2) is 9.69. The normalized spacial score (nSPS) is 23.0. The van der Waals surface area contributed by atoms with Crippen LogP contribution in [0.3, 0.4) is 0 Å². The molecule has 3 fully saturated rings. The van der Waals surface area contributed by atoms with E-state index in [1.165, 1.54) is 20.2 Å². The summed E-state index contributed by atoms with van der Waals surface area (Å²) in [5.74, 6) is -2.52. The molecular weight excluding hydrogens is 526 g/mol. The van der Waals surface area contributed by atoms with Crippen molar-refractivity contribution in [3.63, 3.8) is 0 Å². The van der Waals surface area contributed by atoms with Crippen LogP contribution in [0.5, 0.6) is 0 Å². The standard InChI is InChI=1S/C30H29N5O6/c1-32-26(38)30(27(39)33(2)29(32)41)17-20-15-19(10-11-22(20)34-13-6-9-23(30)34)16-21-24(36)31-28(40)35(25(21)37)14-12-18-7-4-3-5-8-18/h3-5,7-8,10-11,15-16,23H,6,9,12-14,17H2,1-2H3,(H,31,36,40). The van der Waals surface area contributed by atoms with Crippen LogP contribution >= 0.6 is 0 Å². The Balaban J connectivity index is 1.34. The number of amides is 8. The molecule has 1 atom stereocenters. The van der Waals surface area contributed by atoms with E-state index in [9.17, 15) is 28.8 Å². The summed E-state index contributed by atoms with van der Waals surface area (Å²) in [7, 11) is 2.78. The molecule has 0 saturated carbocycles. The third-order valence-electron chi connectivity index (χ3n) is 8.61. The Bertz CT molecular complexity index is 1530. The molecule has 4 aliphatic heterocycles. The summed E-state index contributed by atoms with van der Waals surface area (Å²) >= 11 is 0. The Kier molecular flexibility index (Phi) is 6.24. The number of urea groups is 2. The minimum Gasteiger partial charge on any atom is -0.367 e. The molecule has 210 valence electrons. The Hall–Kier alpha value is -4.80. The van der Waals surface area contributed by atoms with E-state index in [2.05, 4.69) is 10.2 Å². The average Bonchev–Trinajstić information content (AvgIpc) is 3.47. The highest BCUT2D eigenvalue weighted by molar-refractivity contribution is 6.31. The van der Waals surface area contributed by atoms with E-state index < -0.39 is 41.1 Å². The number of rotatable bonds is 4. The fraction of sp³-hybridized carbons (Fsp3) is 0.333. The first-order valence-corrected chi connectivity index (χ1v) is 13.6. The zero-order valence-electron chi connectivity index (χ0n) is 22.8. The molecule has 0 radical (unpaired) electrons. The van der Waals surface area contributed by atoms with Crippen LogP contribution in [-0.4, -0.2) is 83.6 Å². The van der Waals surface area contributed by atoms with E-state index in [0.717, 1.165) is 32.4 Å². The van der Waals surface area contributed by atoms with Crippen LogP contribution in [0.25, 0.3) is 6.08 Å². The van der Waals surface area contributed by atoms with Crippen LogP contribution in [0, 0.1) is 5.41 Å². The first-order chi connectivity index (χ1) is 19.6. The highest BCUT2D eigenvalue weighted by Crippen LogP contribution is 2.49. The number of hydrogen-bond donors (Lipinski definition) is 1. The second-order valence-electron chi connectivity index (χ2n) is 10.9. The maximum atomic E-state index is 13.6. The van der Waals surface area contributed by atoms with Crippen LogP contribution in [0.1, 0.15) is 29.5 Å². The predicted octanol–water partition coefficient (Wildman–Crippen LogP) is 1.95. The van der Waals surface area contributed by atoms with Crippen molar-refractivity contribution in [1.29, 1.82) is 0 Å². The van der Waals surface area contributed by atoms with Gasteiger partial charge in [-0.05, 0) is 60.6 Å². The molecule has 0 bridgehead atoms. The van der Waals surface area contributed by atoms with Gasteiger partial charge >= 0.3 is 12.1 Å². The lowest BCUT2D eigenvalue weighted by molar-refractivity contribution is -0.159. The van der Waals surface area contributed by atoms with Crippen molar-refractivity contribution < 1.29 is 28.8 Å². The summed E-state index contributed by atoms with van der Waals surface area (Å²) in [6, 6.07) is 13.0. The molecule has 41 heavy (non-hydrogen) atoms. The van der Waals surface area contributed by atoms with Gasteiger partial charge < -0.3 is 4.90 Å². The van der Waals surface area contributed by atoms with Crippen LogP contribution < -0.4 is 10.2 Å². The van der Waals surface area contributed by atoms with E-state index in [1.807, 2.05) is 36.4 Å². The van der Waals surface area contributed by atoms with Gasteiger partial charge in [0.2, 0.25) is 11.8 Å². The number of anilines is 1. The zero-order chi connectivity index (χ0) is 29.1. The molecule has 2 aromatic carbocycles. The lowest BCUT2D eigenvalue weighted by atomic mass is 9.68. The molecule has 1 spiro atoms. The van der Waals surface area contributed by atoms with Crippen molar-refractivity contribution in [3.8, 4) is 0 Å². The van der Waals surface area contributed by atoms with E-state index in [-0.39, 0.29) is 24.6 Å². The van der Waals surface area contributed by atoms with Gasteiger partial charge in [-0.25, -0.2) is 9.59 Å². The highest BCUT2D eigenvalue weighted by atomic mass is 16.2.